The van der Waals surface area contributed by atoms with Crippen molar-refractivity contribution in [3.8, 4) is 16.9 Å². The second-order valence-electron chi connectivity index (χ2n) is 15.4. The molecule has 0 radical (unpaired) electrons. The molecule has 252 valence electrons. The predicted octanol–water partition coefficient (Wildman–Crippen LogP) is 12.6. The lowest BCUT2D eigenvalue weighted by Gasteiger charge is -2.48. The Morgan fingerprint density at radius 2 is 0.962 bits per heavy atom. The fourth-order valence-corrected chi connectivity index (χ4v) is 10.1. The second-order valence-corrected chi connectivity index (χ2v) is 15.4. The Morgan fingerprint density at radius 1 is 0.462 bits per heavy atom. The van der Waals surface area contributed by atoms with Crippen LogP contribution >= 0.6 is 0 Å². The third-order valence-corrected chi connectivity index (χ3v) is 12.7. The van der Waals surface area contributed by atoms with Gasteiger partial charge in [0.1, 0.15) is 5.75 Å². The van der Waals surface area contributed by atoms with E-state index in [-0.39, 0.29) is 10.8 Å². The van der Waals surface area contributed by atoms with Gasteiger partial charge in [-0.1, -0.05) is 175 Å². The molecule has 1 heteroatoms. The summed E-state index contributed by atoms with van der Waals surface area (Å²) in [5, 5.41) is 2.45. The van der Waals surface area contributed by atoms with Crippen LogP contribution in [0.4, 0.5) is 0 Å². The lowest BCUT2D eigenvalue weighted by molar-refractivity contribution is 0.163. The molecule has 0 aromatic heterocycles. The standard InChI is InChI=1S/C51H42O/c1-35-21-25-39(26-22-35)51(40-27-23-36(2)24-28-40)30-29-44-47-46(41-17-9-10-18-42(41)48(44)52-51)43-19-11-12-20-45(43)50(47)33-31-49(32-34-50,37-13-5-3-6-14-37)38-15-7-4-8-16-38/h3-30H,31-34H2,1-2H3. The molecule has 0 bridgehead atoms. The van der Waals surface area contributed by atoms with Crippen LogP contribution in [-0.4, -0.2) is 0 Å². The van der Waals surface area contributed by atoms with Gasteiger partial charge in [-0.15, -0.1) is 0 Å². The average molecular weight is 671 g/mol. The molecule has 1 saturated carbocycles. The Hall–Kier alpha value is -5.66. The van der Waals surface area contributed by atoms with Gasteiger partial charge in [-0.25, -0.2) is 0 Å². The van der Waals surface area contributed by atoms with Gasteiger partial charge in [0, 0.05) is 32.9 Å². The van der Waals surface area contributed by atoms with Crippen molar-refractivity contribution in [3.63, 3.8) is 0 Å². The topological polar surface area (TPSA) is 9.23 Å². The second kappa shape index (κ2) is 11.7. The van der Waals surface area contributed by atoms with Gasteiger partial charge in [-0.2, -0.15) is 0 Å². The molecule has 0 amide bonds. The highest BCUT2D eigenvalue weighted by atomic mass is 16.5. The van der Waals surface area contributed by atoms with E-state index in [9.17, 15) is 0 Å². The first kappa shape index (κ1) is 31.1. The highest BCUT2D eigenvalue weighted by Gasteiger charge is 2.53. The number of hydrogen-bond donors (Lipinski definition) is 0. The minimum Gasteiger partial charge on any atom is -0.472 e. The van der Waals surface area contributed by atoms with Crippen LogP contribution in [0.3, 0.4) is 0 Å². The zero-order valence-electron chi connectivity index (χ0n) is 29.9. The molecular weight excluding hydrogens is 629 g/mol. The molecular formula is C51H42O. The first-order chi connectivity index (χ1) is 25.5. The minimum absolute atomic E-state index is 0.0409. The molecule has 1 fully saturated rings. The summed E-state index contributed by atoms with van der Waals surface area (Å²) in [5.74, 6) is 0.994. The Morgan fingerprint density at radius 3 is 1.56 bits per heavy atom. The van der Waals surface area contributed by atoms with E-state index in [1.54, 1.807) is 0 Å². The SMILES string of the molecule is Cc1ccc(C2(c3ccc(C)cc3)C=Cc3c4c(c5ccccc5c3O2)-c2ccccc2C42CCC(c3ccccc3)(c3ccccc3)CC2)cc1. The summed E-state index contributed by atoms with van der Waals surface area (Å²) in [4.78, 5) is 0. The number of benzene rings is 7. The molecule has 1 spiro atoms. The lowest BCUT2D eigenvalue weighted by Crippen LogP contribution is -2.41. The smallest absolute Gasteiger partial charge is 0.178 e. The van der Waals surface area contributed by atoms with E-state index in [4.69, 9.17) is 4.74 Å². The molecule has 0 saturated heterocycles. The lowest BCUT2D eigenvalue weighted by atomic mass is 9.56. The maximum atomic E-state index is 7.64. The van der Waals surface area contributed by atoms with E-state index in [2.05, 4.69) is 184 Å². The van der Waals surface area contributed by atoms with Crippen LogP contribution in [0.5, 0.6) is 5.75 Å². The van der Waals surface area contributed by atoms with Crippen molar-refractivity contribution >= 4 is 16.8 Å². The summed E-state index contributed by atoms with van der Waals surface area (Å²) < 4.78 is 7.64. The van der Waals surface area contributed by atoms with Crippen LogP contribution in [0.25, 0.3) is 28.0 Å². The average Bonchev–Trinajstić information content (AvgIpc) is 3.49. The highest BCUT2D eigenvalue weighted by Crippen LogP contribution is 2.64. The van der Waals surface area contributed by atoms with E-state index >= 15 is 0 Å². The van der Waals surface area contributed by atoms with Crippen molar-refractivity contribution in [2.75, 3.05) is 0 Å². The van der Waals surface area contributed by atoms with Crippen LogP contribution in [0, 0.1) is 13.8 Å². The molecule has 1 nitrogen and oxygen atoms in total. The summed E-state index contributed by atoms with van der Waals surface area (Å²) in [6.07, 6.45) is 9.02. The Balaban J connectivity index is 1.21. The summed E-state index contributed by atoms with van der Waals surface area (Å²) >= 11 is 0. The molecule has 2 aliphatic carbocycles. The third kappa shape index (κ3) is 4.42. The molecule has 10 rings (SSSR count). The van der Waals surface area contributed by atoms with E-state index in [0.717, 1.165) is 42.6 Å². The highest BCUT2D eigenvalue weighted by molar-refractivity contribution is 6.08. The zero-order valence-corrected chi connectivity index (χ0v) is 29.9. The number of rotatable bonds is 4. The monoisotopic (exact) mass is 670 g/mol. The largest absolute Gasteiger partial charge is 0.472 e. The predicted molar refractivity (Wildman–Crippen MR) is 215 cm³/mol. The van der Waals surface area contributed by atoms with Gasteiger partial charge in [-0.05, 0) is 84.4 Å². The molecule has 0 unspecified atom stereocenters. The van der Waals surface area contributed by atoms with E-state index in [1.165, 1.54) is 60.8 Å². The third-order valence-electron chi connectivity index (χ3n) is 12.7. The number of ether oxygens (including phenoxy) is 1. The molecule has 1 aliphatic heterocycles. The quantitative estimate of drug-likeness (QED) is 0.181. The van der Waals surface area contributed by atoms with Crippen LogP contribution in [-0.2, 0) is 16.4 Å². The number of hydrogen-bond acceptors (Lipinski definition) is 1. The summed E-state index contributed by atoms with van der Waals surface area (Å²) in [5.41, 5.74) is 13.6. The summed E-state index contributed by atoms with van der Waals surface area (Å²) in [6, 6.07) is 58.6. The summed E-state index contributed by atoms with van der Waals surface area (Å²) in [6.45, 7) is 4.30. The fourth-order valence-electron chi connectivity index (χ4n) is 10.1. The van der Waals surface area contributed by atoms with Gasteiger partial charge in [0.15, 0.2) is 5.60 Å². The maximum absolute atomic E-state index is 7.64. The van der Waals surface area contributed by atoms with Crippen LogP contribution in [0.1, 0.15) is 75.8 Å². The van der Waals surface area contributed by atoms with Gasteiger partial charge in [-0.3, -0.25) is 0 Å². The molecule has 52 heavy (non-hydrogen) atoms. The normalized spacial score (nSPS) is 17.3. The van der Waals surface area contributed by atoms with Crippen LogP contribution < -0.4 is 4.74 Å². The van der Waals surface area contributed by atoms with Crippen molar-refractivity contribution in [1.82, 2.24) is 0 Å². The molecule has 0 N–H and O–H groups in total. The van der Waals surface area contributed by atoms with E-state index < -0.39 is 5.60 Å². The van der Waals surface area contributed by atoms with Gasteiger partial charge in [0.2, 0.25) is 0 Å². The van der Waals surface area contributed by atoms with Gasteiger partial charge in [0.25, 0.3) is 0 Å². The maximum Gasteiger partial charge on any atom is 0.178 e. The Kier molecular flexibility index (Phi) is 6.99. The molecule has 3 aliphatic rings. The van der Waals surface area contributed by atoms with Crippen LogP contribution in [0.2, 0.25) is 0 Å². The fraction of sp³-hybridized carbons (Fsp3) is 0.176. The molecule has 7 aromatic rings. The van der Waals surface area contributed by atoms with Gasteiger partial charge in [0.05, 0.1) is 0 Å². The van der Waals surface area contributed by atoms with Crippen molar-refractivity contribution in [2.24, 2.45) is 0 Å². The van der Waals surface area contributed by atoms with Gasteiger partial charge >= 0.3 is 0 Å². The molecule has 0 atom stereocenters. The van der Waals surface area contributed by atoms with E-state index in [0.29, 0.717) is 0 Å². The Bertz CT molecular complexity index is 2390. The number of aryl methyl sites for hydroxylation is 2. The molecule has 7 aromatic carbocycles. The zero-order chi connectivity index (χ0) is 34.9. The number of fused-ring (bicyclic) bond motifs is 10. The van der Waals surface area contributed by atoms with Crippen molar-refractivity contribution < 1.29 is 4.74 Å². The molecule has 1 heterocycles. The summed E-state index contributed by atoms with van der Waals surface area (Å²) in [7, 11) is 0. The van der Waals surface area contributed by atoms with E-state index in [1.807, 2.05) is 0 Å². The van der Waals surface area contributed by atoms with Crippen LogP contribution in [0.15, 0.2) is 164 Å². The first-order valence-electron chi connectivity index (χ1n) is 18.9. The van der Waals surface area contributed by atoms with Crippen molar-refractivity contribution in [3.05, 3.63) is 214 Å². The Labute approximate surface area is 307 Å². The van der Waals surface area contributed by atoms with Gasteiger partial charge < -0.3 is 4.74 Å². The minimum atomic E-state index is -0.758. The first-order valence-corrected chi connectivity index (χ1v) is 18.9. The van der Waals surface area contributed by atoms with Crippen molar-refractivity contribution in [1.29, 1.82) is 0 Å². The van der Waals surface area contributed by atoms with Crippen molar-refractivity contribution in [2.45, 2.75) is 56.0 Å².